The van der Waals surface area contributed by atoms with Crippen molar-refractivity contribution in [3.05, 3.63) is 36.0 Å². The molecule has 0 aliphatic carbocycles. The molecule has 4 nitrogen and oxygen atoms in total. The summed E-state index contributed by atoms with van der Waals surface area (Å²) in [5, 5.41) is 0.989. The molecule has 1 aromatic carbocycles. The minimum atomic E-state index is -0.726. The Balaban J connectivity index is 2.56. The number of hydrogen-bond donors (Lipinski definition) is 1. The van der Waals surface area contributed by atoms with Crippen LogP contribution in [0.15, 0.2) is 30.5 Å². The first kappa shape index (κ1) is 10.7. The number of hydrogen-bond acceptors (Lipinski definition) is 3. The number of carbonyl (C=O) groups is 1. The zero-order valence-electron chi connectivity index (χ0n) is 9.31. The van der Waals surface area contributed by atoms with E-state index < -0.39 is 12.0 Å². The zero-order chi connectivity index (χ0) is 11.7. The van der Waals surface area contributed by atoms with E-state index in [0.29, 0.717) is 0 Å². The van der Waals surface area contributed by atoms with Crippen molar-refractivity contribution in [3.63, 3.8) is 0 Å². The highest BCUT2D eigenvalue weighted by Crippen LogP contribution is 2.24. The smallest absolute Gasteiger partial charge is 0.327 e. The number of aromatic nitrogens is 1. The van der Waals surface area contributed by atoms with Crippen LogP contribution < -0.4 is 5.73 Å². The van der Waals surface area contributed by atoms with Crippen molar-refractivity contribution in [1.82, 2.24) is 4.57 Å². The number of carbonyl (C=O) groups excluding carboxylic acids is 1. The number of nitrogens with zero attached hydrogens (tertiary/aromatic N) is 1. The summed E-state index contributed by atoms with van der Waals surface area (Å²) in [7, 11) is 3.29. The lowest BCUT2D eigenvalue weighted by Crippen LogP contribution is -2.22. The molecule has 0 fully saturated rings. The molecular weight excluding hydrogens is 204 g/mol. The molecule has 2 rings (SSSR count). The third-order valence-electron chi connectivity index (χ3n) is 2.75. The molecule has 0 aliphatic rings. The second-order valence-electron chi connectivity index (χ2n) is 3.71. The molecule has 1 heterocycles. The minimum Gasteiger partial charge on any atom is -0.468 e. The minimum absolute atomic E-state index is 0.420. The summed E-state index contributed by atoms with van der Waals surface area (Å²) in [4.78, 5) is 11.4. The van der Waals surface area contributed by atoms with Crippen LogP contribution >= 0.6 is 0 Å². The van der Waals surface area contributed by atoms with Crippen LogP contribution in [0.2, 0.25) is 0 Å². The fraction of sp³-hybridized carbons (Fsp3) is 0.250. The maximum atomic E-state index is 11.4. The van der Waals surface area contributed by atoms with E-state index in [1.54, 1.807) is 0 Å². The van der Waals surface area contributed by atoms with Crippen molar-refractivity contribution in [2.75, 3.05) is 7.11 Å². The van der Waals surface area contributed by atoms with E-state index in [-0.39, 0.29) is 0 Å². The maximum absolute atomic E-state index is 11.4. The van der Waals surface area contributed by atoms with Gasteiger partial charge in [-0.05, 0) is 17.7 Å². The topological polar surface area (TPSA) is 57.2 Å². The van der Waals surface area contributed by atoms with Crippen molar-refractivity contribution in [1.29, 1.82) is 0 Å². The van der Waals surface area contributed by atoms with Crippen LogP contribution in [-0.2, 0) is 16.6 Å². The average molecular weight is 218 g/mol. The maximum Gasteiger partial charge on any atom is 0.327 e. The van der Waals surface area contributed by atoms with Gasteiger partial charge in [0.15, 0.2) is 0 Å². The molecule has 1 aromatic heterocycles. The second-order valence-corrected chi connectivity index (χ2v) is 3.71. The summed E-state index contributed by atoms with van der Waals surface area (Å²) in [6.45, 7) is 0. The van der Waals surface area contributed by atoms with Crippen molar-refractivity contribution in [2.24, 2.45) is 12.8 Å². The van der Waals surface area contributed by atoms with Gasteiger partial charge in [-0.15, -0.1) is 0 Å². The van der Waals surface area contributed by atoms with Crippen LogP contribution in [0.25, 0.3) is 10.9 Å². The summed E-state index contributed by atoms with van der Waals surface area (Å²) >= 11 is 0. The van der Waals surface area contributed by atoms with E-state index in [4.69, 9.17) is 5.73 Å². The SMILES string of the molecule is COC(=O)C(N)c1cccc2c1ccn2C. The van der Waals surface area contributed by atoms with Gasteiger partial charge in [0.25, 0.3) is 0 Å². The van der Waals surface area contributed by atoms with E-state index >= 15 is 0 Å². The van der Waals surface area contributed by atoms with Gasteiger partial charge >= 0.3 is 5.97 Å². The normalized spacial score (nSPS) is 12.7. The summed E-state index contributed by atoms with van der Waals surface area (Å²) in [6, 6.07) is 6.96. The summed E-state index contributed by atoms with van der Waals surface area (Å²) in [6.07, 6.45) is 1.94. The summed E-state index contributed by atoms with van der Waals surface area (Å²) in [5.74, 6) is -0.420. The molecule has 0 saturated carbocycles. The van der Waals surface area contributed by atoms with Gasteiger partial charge in [0.2, 0.25) is 0 Å². The molecule has 2 aromatic rings. The number of aryl methyl sites for hydroxylation is 1. The van der Waals surface area contributed by atoms with Gasteiger partial charge in [-0.3, -0.25) is 4.79 Å². The Labute approximate surface area is 93.6 Å². The Kier molecular flexibility index (Phi) is 2.66. The third kappa shape index (κ3) is 1.57. The molecule has 1 atom stereocenters. The molecule has 0 saturated heterocycles. The van der Waals surface area contributed by atoms with E-state index in [0.717, 1.165) is 16.5 Å². The van der Waals surface area contributed by atoms with Crippen LogP contribution in [-0.4, -0.2) is 17.6 Å². The number of nitrogens with two attached hydrogens (primary N) is 1. The monoisotopic (exact) mass is 218 g/mol. The molecule has 1 unspecified atom stereocenters. The average Bonchev–Trinajstić information content (AvgIpc) is 2.69. The van der Waals surface area contributed by atoms with Gasteiger partial charge in [-0.1, -0.05) is 12.1 Å². The number of rotatable bonds is 2. The van der Waals surface area contributed by atoms with E-state index in [1.807, 2.05) is 42.1 Å². The fourth-order valence-electron chi connectivity index (χ4n) is 1.85. The molecule has 84 valence electrons. The molecule has 2 N–H and O–H groups in total. The van der Waals surface area contributed by atoms with Crippen LogP contribution in [0.4, 0.5) is 0 Å². The van der Waals surface area contributed by atoms with Crippen LogP contribution in [0.3, 0.4) is 0 Å². The first-order valence-electron chi connectivity index (χ1n) is 5.02. The number of fused-ring (bicyclic) bond motifs is 1. The van der Waals surface area contributed by atoms with Crippen molar-refractivity contribution in [3.8, 4) is 0 Å². The van der Waals surface area contributed by atoms with Crippen molar-refractivity contribution < 1.29 is 9.53 Å². The summed E-state index contributed by atoms with van der Waals surface area (Å²) < 4.78 is 6.64. The largest absolute Gasteiger partial charge is 0.468 e. The number of benzene rings is 1. The molecule has 0 spiro atoms. The van der Waals surface area contributed by atoms with E-state index in [1.165, 1.54) is 7.11 Å². The van der Waals surface area contributed by atoms with Crippen molar-refractivity contribution >= 4 is 16.9 Å². The molecule has 0 amide bonds. The van der Waals surface area contributed by atoms with Gasteiger partial charge in [0.1, 0.15) is 6.04 Å². The summed E-state index contributed by atoms with van der Waals surface area (Å²) in [5.41, 5.74) is 7.69. The predicted molar refractivity (Wildman–Crippen MR) is 61.9 cm³/mol. The van der Waals surface area contributed by atoms with E-state index in [2.05, 4.69) is 4.74 Å². The third-order valence-corrected chi connectivity index (χ3v) is 2.75. The fourth-order valence-corrected chi connectivity index (χ4v) is 1.85. The predicted octanol–water partition coefficient (Wildman–Crippen LogP) is 1.35. The second kappa shape index (κ2) is 3.98. The van der Waals surface area contributed by atoms with Gasteiger partial charge in [0, 0.05) is 24.1 Å². The Hall–Kier alpha value is -1.81. The zero-order valence-corrected chi connectivity index (χ0v) is 9.31. The van der Waals surface area contributed by atoms with Gasteiger partial charge in [-0.2, -0.15) is 0 Å². The van der Waals surface area contributed by atoms with Crippen LogP contribution in [0, 0.1) is 0 Å². The van der Waals surface area contributed by atoms with Gasteiger partial charge in [0.05, 0.1) is 7.11 Å². The Morgan fingerprint density at radius 1 is 1.44 bits per heavy atom. The first-order chi connectivity index (χ1) is 7.65. The lowest BCUT2D eigenvalue weighted by molar-refractivity contribution is -0.142. The molecule has 4 heteroatoms. The highest BCUT2D eigenvalue weighted by Gasteiger charge is 2.18. The van der Waals surface area contributed by atoms with Crippen molar-refractivity contribution in [2.45, 2.75) is 6.04 Å². The first-order valence-corrected chi connectivity index (χ1v) is 5.02. The lowest BCUT2D eigenvalue weighted by atomic mass is 10.0. The molecule has 16 heavy (non-hydrogen) atoms. The standard InChI is InChI=1S/C12H14N2O2/c1-14-7-6-8-9(4-3-5-10(8)14)11(13)12(15)16-2/h3-7,11H,13H2,1-2H3. The highest BCUT2D eigenvalue weighted by molar-refractivity contribution is 5.89. The molecule has 0 aliphatic heterocycles. The lowest BCUT2D eigenvalue weighted by Gasteiger charge is -2.10. The molecule has 0 bridgehead atoms. The number of methoxy groups -OCH3 is 1. The molecular formula is C12H14N2O2. The Morgan fingerprint density at radius 2 is 2.19 bits per heavy atom. The van der Waals surface area contributed by atoms with Gasteiger partial charge in [-0.25, -0.2) is 0 Å². The van der Waals surface area contributed by atoms with Gasteiger partial charge < -0.3 is 15.0 Å². The quantitative estimate of drug-likeness (QED) is 0.774. The highest BCUT2D eigenvalue weighted by atomic mass is 16.5. The number of ether oxygens (including phenoxy) is 1. The Bertz CT molecular complexity index is 531. The Morgan fingerprint density at radius 3 is 2.88 bits per heavy atom. The van der Waals surface area contributed by atoms with E-state index in [9.17, 15) is 4.79 Å². The van der Waals surface area contributed by atoms with Crippen LogP contribution in [0.5, 0.6) is 0 Å². The molecule has 0 radical (unpaired) electrons. The number of esters is 1. The van der Waals surface area contributed by atoms with Crippen LogP contribution in [0.1, 0.15) is 11.6 Å².